The number of fused-ring (bicyclic) bond motifs is 1. The first-order valence-corrected chi connectivity index (χ1v) is 7.49. The molecule has 1 aromatic carbocycles. The molecular weight excluding hydrogens is 258 g/mol. The molecule has 0 spiro atoms. The fraction of sp³-hybridized carbons (Fsp3) is 0.533. The van der Waals surface area contributed by atoms with Crippen molar-refractivity contribution in [2.75, 3.05) is 0 Å². The maximum absolute atomic E-state index is 6.25. The molecule has 2 N–H and O–H groups in total. The van der Waals surface area contributed by atoms with Gasteiger partial charge in [0.15, 0.2) is 0 Å². The molecule has 0 bridgehead atoms. The Morgan fingerprint density at radius 3 is 2.95 bits per heavy atom. The molecule has 4 heteroatoms. The summed E-state index contributed by atoms with van der Waals surface area (Å²) < 4.78 is 2.32. The molecule has 1 aliphatic carbocycles. The van der Waals surface area contributed by atoms with Crippen LogP contribution >= 0.6 is 11.6 Å². The molecule has 3 rings (SSSR count). The summed E-state index contributed by atoms with van der Waals surface area (Å²) in [7, 11) is 0. The van der Waals surface area contributed by atoms with Gasteiger partial charge in [0.25, 0.3) is 0 Å². The van der Waals surface area contributed by atoms with Crippen molar-refractivity contribution in [3.63, 3.8) is 0 Å². The normalized spacial score (nSPS) is 23.3. The molecule has 0 aliphatic heterocycles. The fourth-order valence-electron chi connectivity index (χ4n) is 3.17. The highest BCUT2D eigenvalue weighted by atomic mass is 35.5. The third-order valence-corrected chi connectivity index (χ3v) is 4.32. The van der Waals surface area contributed by atoms with E-state index in [1.807, 2.05) is 18.2 Å². The predicted octanol–water partition coefficient (Wildman–Crippen LogP) is 3.69. The minimum Gasteiger partial charge on any atom is -0.328 e. The second-order valence-electron chi connectivity index (χ2n) is 5.46. The van der Waals surface area contributed by atoms with Gasteiger partial charge in [-0.25, -0.2) is 4.98 Å². The van der Waals surface area contributed by atoms with E-state index in [9.17, 15) is 0 Å². The molecule has 0 amide bonds. The van der Waals surface area contributed by atoms with Crippen molar-refractivity contribution in [2.24, 2.45) is 5.73 Å². The Morgan fingerprint density at radius 1 is 1.42 bits per heavy atom. The van der Waals surface area contributed by atoms with Gasteiger partial charge in [-0.05, 0) is 37.5 Å². The highest BCUT2D eigenvalue weighted by molar-refractivity contribution is 6.31. The standard InChI is InChI=1S/C15H20ClN3/c1-2-8-19-14-9-10(16)6-7-13(14)18-15(19)11-4-3-5-12(11)17/h6-7,9,11-12H,2-5,8,17H2,1H3. The molecule has 1 saturated carbocycles. The van der Waals surface area contributed by atoms with Crippen molar-refractivity contribution in [3.05, 3.63) is 29.0 Å². The minimum absolute atomic E-state index is 0.253. The zero-order valence-electron chi connectivity index (χ0n) is 11.3. The molecule has 3 nitrogen and oxygen atoms in total. The molecule has 2 atom stereocenters. The van der Waals surface area contributed by atoms with Gasteiger partial charge >= 0.3 is 0 Å². The third-order valence-electron chi connectivity index (χ3n) is 4.09. The van der Waals surface area contributed by atoms with Crippen LogP contribution in [0.25, 0.3) is 11.0 Å². The number of benzene rings is 1. The lowest BCUT2D eigenvalue weighted by molar-refractivity contribution is 0.538. The van der Waals surface area contributed by atoms with Crippen LogP contribution in [-0.4, -0.2) is 15.6 Å². The van der Waals surface area contributed by atoms with Gasteiger partial charge in [-0.1, -0.05) is 24.9 Å². The summed E-state index contributed by atoms with van der Waals surface area (Å²) in [5, 5.41) is 0.770. The molecule has 1 aliphatic rings. The molecule has 1 heterocycles. The van der Waals surface area contributed by atoms with Gasteiger partial charge in [-0.2, -0.15) is 0 Å². The zero-order chi connectivity index (χ0) is 13.4. The van der Waals surface area contributed by atoms with E-state index in [4.69, 9.17) is 22.3 Å². The quantitative estimate of drug-likeness (QED) is 0.930. The van der Waals surface area contributed by atoms with Crippen LogP contribution in [0.2, 0.25) is 5.02 Å². The summed E-state index contributed by atoms with van der Waals surface area (Å²) in [6.45, 7) is 3.17. The molecule has 2 aromatic rings. The minimum atomic E-state index is 0.253. The number of hydrogen-bond donors (Lipinski definition) is 1. The molecule has 2 unspecified atom stereocenters. The average Bonchev–Trinajstić information content (AvgIpc) is 2.94. The monoisotopic (exact) mass is 277 g/mol. The SMILES string of the molecule is CCCn1c(C2CCCC2N)nc2ccc(Cl)cc21. The lowest BCUT2D eigenvalue weighted by Gasteiger charge is -2.17. The van der Waals surface area contributed by atoms with E-state index in [0.717, 1.165) is 47.7 Å². The third kappa shape index (κ3) is 2.26. The summed E-state index contributed by atoms with van der Waals surface area (Å²) in [4.78, 5) is 4.83. The van der Waals surface area contributed by atoms with Crippen LogP contribution in [0.4, 0.5) is 0 Å². The van der Waals surface area contributed by atoms with E-state index in [0.29, 0.717) is 5.92 Å². The van der Waals surface area contributed by atoms with Gasteiger partial charge in [0.2, 0.25) is 0 Å². The molecule has 1 aromatic heterocycles. The summed E-state index contributed by atoms with van der Waals surface area (Å²) in [6, 6.07) is 6.19. The number of hydrogen-bond acceptors (Lipinski definition) is 2. The van der Waals surface area contributed by atoms with Gasteiger partial charge in [-0.15, -0.1) is 0 Å². The smallest absolute Gasteiger partial charge is 0.114 e. The second-order valence-corrected chi connectivity index (χ2v) is 5.89. The number of halogens is 1. The number of nitrogens with two attached hydrogens (primary N) is 1. The van der Waals surface area contributed by atoms with Gasteiger partial charge in [-0.3, -0.25) is 0 Å². The Morgan fingerprint density at radius 2 is 2.26 bits per heavy atom. The van der Waals surface area contributed by atoms with E-state index in [2.05, 4.69) is 11.5 Å². The average molecular weight is 278 g/mol. The maximum Gasteiger partial charge on any atom is 0.114 e. The zero-order valence-corrected chi connectivity index (χ0v) is 12.0. The van der Waals surface area contributed by atoms with Crippen LogP contribution in [0.15, 0.2) is 18.2 Å². The summed E-state index contributed by atoms with van der Waals surface area (Å²) >= 11 is 6.12. The summed E-state index contributed by atoms with van der Waals surface area (Å²) in [6.07, 6.45) is 4.57. The van der Waals surface area contributed by atoms with Crippen LogP contribution in [0.3, 0.4) is 0 Å². The fourth-order valence-corrected chi connectivity index (χ4v) is 3.33. The topological polar surface area (TPSA) is 43.8 Å². The Bertz CT molecular complexity index is 590. The van der Waals surface area contributed by atoms with Gasteiger partial charge < -0.3 is 10.3 Å². The first-order chi connectivity index (χ1) is 9.20. The highest BCUT2D eigenvalue weighted by Crippen LogP contribution is 2.35. The van der Waals surface area contributed by atoms with Gasteiger partial charge in [0.05, 0.1) is 11.0 Å². The van der Waals surface area contributed by atoms with E-state index in [1.165, 1.54) is 6.42 Å². The number of imidazole rings is 1. The van der Waals surface area contributed by atoms with Crippen molar-refractivity contribution < 1.29 is 0 Å². The van der Waals surface area contributed by atoms with Crippen LogP contribution in [0.5, 0.6) is 0 Å². The Kier molecular flexibility index (Phi) is 3.50. The Balaban J connectivity index is 2.14. The van der Waals surface area contributed by atoms with Gasteiger partial charge in [0, 0.05) is 23.5 Å². The Hall–Kier alpha value is -1.06. The van der Waals surface area contributed by atoms with Crippen molar-refractivity contribution >= 4 is 22.6 Å². The first-order valence-electron chi connectivity index (χ1n) is 7.12. The van der Waals surface area contributed by atoms with Crippen LogP contribution in [0, 0.1) is 0 Å². The number of aromatic nitrogens is 2. The molecular formula is C15H20ClN3. The second kappa shape index (κ2) is 5.14. The number of nitrogens with zero attached hydrogens (tertiary/aromatic N) is 2. The summed E-state index contributed by atoms with van der Waals surface area (Å²) in [5.41, 5.74) is 8.42. The maximum atomic E-state index is 6.25. The van der Waals surface area contributed by atoms with Crippen molar-refractivity contribution in [2.45, 2.75) is 51.1 Å². The lowest BCUT2D eigenvalue weighted by Crippen LogP contribution is -2.25. The van der Waals surface area contributed by atoms with Crippen LogP contribution < -0.4 is 5.73 Å². The largest absolute Gasteiger partial charge is 0.328 e. The summed E-state index contributed by atoms with van der Waals surface area (Å²) in [5.74, 6) is 1.56. The Labute approximate surface area is 118 Å². The first kappa shape index (κ1) is 12.9. The van der Waals surface area contributed by atoms with E-state index in [1.54, 1.807) is 0 Å². The van der Waals surface area contributed by atoms with Crippen molar-refractivity contribution in [3.8, 4) is 0 Å². The number of rotatable bonds is 3. The molecule has 102 valence electrons. The molecule has 19 heavy (non-hydrogen) atoms. The predicted molar refractivity (Wildman–Crippen MR) is 79.6 cm³/mol. The van der Waals surface area contributed by atoms with Crippen LogP contribution in [0.1, 0.15) is 44.3 Å². The molecule has 0 radical (unpaired) electrons. The highest BCUT2D eigenvalue weighted by Gasteiger charge is 2.29. The van der Waals surface area contributed by atoms with E-state index >= 15 is 0 Å². The molecule has 1 fully saturated rings. The van der Waals surface area contributed by atoms with Crippen molar-refractivity contribution in [1.82, 2.24) is 9.55 Å². The van der Waals surface area contributed by atoms with Gasteiger partial charge in [0.1, 0.15) is 5.82 Å². The number of aryl methyl sites for hydroxylation is 1. The van der Waals surface area contributed by atoms with Crippen LogP contribution in [-0.2, 0) is 6.54 Å². The lowest BCUT2D eigenvalue weighted by atomic mass is 10.0. The van der Waals surface area contributed by atoms with Crippen molar-refractivity contribution in [1.29, 1.82) is 0 Å². The van der Waals surface area contributed by atoms with E-state index < -0.39 is 0 Å². The molecule has 0 saturated heterocycles. The van der Waals surface area contributed by atoms with E-state index in [-0.39, 0.29) is 6.04 Å².